The van der Waals surface area contributed by atoms with Gasteiger partial charge in [-0.05, 0) is 19.8 Å². The molecule has 1 unspecified atom stereocenters. The van der Waals surface area contributed by atoms with Crippen LogP contribution in [0.15, 0.2) is 17.4 Å². The molecule has 0 aromatic carbocycles. The van der Waals surface area contributed by atoms with E-state index in [4.69, 9.17) is 4.74 Å². The number of halogens is 4. The Kier molecular flexibility index (Phi) is 11.5. The molecule has 31 heavy (non-hydrogen) atoms. The zero-order valence-corrected chi connectivity index (χ0v) is 20.6. The number of nitrogens with one attached hydrogen (secondary N) is 2. The second-order valence-electron chi connectivity index (χ2n) is 7.48. The van der Waals surface area contributed by atoms with Gasteiger partial charge in [0, 0.05) is 71.7 Å². The smallest absolute Gasteiger partial charge is 0.383 e. The SMILES string of the molecule is CCNC(=NCCC(O)(c1nccn1C)C(F)(F)F)NC1CCN(CCOC)CC1.I. The van der Waals surface area contributed by atoms with Crippen molar-refractivity contribution in [1.29, 1.82) is 0 Å². The average molecular weight is 562 g/mol. The molecule has 1 fully saturated rings. The number of likely N-dealkylation sites (tertiary alicyclic amines) is 1. The second kappa shape index (κ2) is 12.8. The van der Waals surface area contributed by atoms with Crippen molar-refractivity contribution in [3.8, 4) is 0 Å². The molecule has 0 spiro atoms. The van der Waals surface area contributed by atoms with Gasteiger partial charge in [0.25, 0.3) is 0 Å². The molecule has 3 N–H and O–H groups in total. The van der Waals surface area contributed by atoms with E-state index in [1.54, 1.807) is 7.11 Å². The normalized spacial score (nSPS) is 18.4. The fourth-order valence-electron chi connectivity index (χ4n) is 3.51. The topological polar surface area (TPSA) is 86.9 Å². The summed E-state index contributed by atoms with van der Waals surface area (Å²) in [6, 6.07) is 0.192. The molecule has 12 heteroatoms. The van der Waals surface area contributed by atoms with Gasteiger partial charge in [-0.15, -0.1) is 24.0 Å². The van der Waals surface area contributed by atoms with Crippen LogP contribution in [-0.2, 0) is 17.4 Å². The molecule has 180 valence electrons. The Morgan fingerprint density at radius 3 is 2.55 bits per heavy atom. The van der Waals surface area contributed by atoms with Gasteiger partial charge in [0.05, 0.1) is 6.61 Å². The number of rotatable bonds is 9. The molecule has 2 heterocycles. The van der Waals surface area contributed by atoms with Crippen LogP contribution in [0.2, 0.25) is 0 Å². The molecule has 1 aliphatic rings. The lowest BCUT2D eigenvalue weighted by Gasteiger charge is -2.33. The van der Waals surface area contributed by atoms with Crippen LogP contribution in [0.3, 0.4) is 0 Å². The van der Waals surface area contributed by atoms with Gasteiger partial charge >= 0.3 is 6.18 Å². The van der Waals surface area contributed by atoms with Gasteiger partial charge in [0.2, 0.25) is 5.60 Å². The van der Waals surface area contributed by atoms with Crippen molar-refractivity contribution in [1.82, 2.24) is 25.1 Å². The van der Waals surface area contributed by atoms with E-state index < -0.39 is 24.0 Å². The standard InChI is InChI=1S/C19H33F3N6O2.HI/c1-4-23-17(26-15-5-10-28(11-6-15)13-14-30-3)25-8-7-18(29,19(20,21)22)16-24-9-12-27(16)2;/h9,12,15,29H,4-8,10-11,13-14H2,1-3H3,(H2,23,25,26);1H. The number of piperidine rings is 1. The summed E-state index contributed by atoms with van der Waals surface area (Å²) in [5.41, 5.74) is -3.06. The summed E-state index contributed by atoms with van der Waals surface area (Å²) in [7, 11) is 3.11. The predicted octanol–water partition coefficient (Wildman–Crippen LogP) is 1.84. The summed E-state index contributed by atoms with van der Waals surface area (Å²) >= 11 is 0. The highest BCUT2D eigenvalue weighted by atomic mass is 127. The lowest BCUT2D eigenvalue weighted by molar-refractivity contribution is -0.272. The number of hydrogen-bond donors (Lipinski definition) is 3. The van der Waals surface area contributed by atoms with Crippen LogP contribution in [0, 0.1) is 0 Å². The first-order chi connectivity index (χ1) is 14.2. The highest BCUT2D eigenvalue weighted by Crippen LogP contribution is 2.40. The monoisotopic (exact) mass is 562 g/mol. The Morgan fingerprint density at radius 1 is 1.35 bits per heavy atom. The molecular weight excluding hydrogens is 528 g/mol. The highest BCUT2D eigenvalue weighted by Gasteiger charge is 2.57. The number of nitrogens with zero attached hydrogens (tertiary/aromatic N) is 4. The van der Waals surface area contributed by atoms with Crippen LogP contribution >= 0.6 is 24.0 Å². The predicted molar refractivity (Wildman–Crippen MR) is 124 cm³/mol. The molecule has 8 nitrogen and oxygen atoms in total. The van der Waals surface area contributed by atoms with Crippen molar-refractivity contribution >= 4 is 29.9 Å². The molecule has 0 bridgehead atoms. The number of imidazole rings is 1. The number of alkyl halides is 3. The zero-order valence-electron chi connectivity index (χ0n) is 18.3. The van der Waals surface area contributed by atoms with Gasteiger partial charge in [-0.25, -0.2) is 4.98 Å². The van der Waals surface area contributed by atoms with Crippen LogP contribution in [0.4, 0.5) is 13.2 Å². The van der Waals surface area contributed by atoms with Gasteiger partial charge in [0.1, 0.15) is 5.82 Å². The van der Waals surface area contributed by atoms with E-state index in [0.29, 0.717) is 19.1 Å². The van der Waals surface area contributed by atoms with Gasteiger partial charge in [-0.1, -0.05) is 0 Å². The number of ether oxygens (including phenoxy) is 1. The number of aliphatic imine (C=N–C) groups is 1. The largest absolute Gasteiger partial charge is 0.424 e. The number of methoxy groups -OCH3 is 1. The van der Waals surface area contributed by atoms with E-state index in [2.05, 4.69) is 25.5 Å². The van der Waals surface area contributed by atoms with Crippen molar-refractivity contribution in [3.63, 3.8) is 0 Å². The maximum Gasteiger partial charge on any atom is 0.424 e. The fraction of sp³-hybridized carbons (Fsp3) is 0.789. The Bertz CT molecular complexity index is 680. The molecule has 0 amide bonds. The first-order valence-corrected chi connectivity index (χ1v) is 10.2. The minimum Gasteiger partial charge on any atom is -0.383 e. The van der Waals surface area contributed by atoms with Crippen molar-refractivity contribution < 1.29 is 23.0 Å². The van der Waals surface area contributed by atoms with Crippen LogP contribution < -0.4 is 10.6 Å². The third kappa shape index (κ3) is 7.75. The summed E-state index contributed by atoms with van der Waals surface area (Å²) in [5, 5.41) is 16.8. The first-order valence-electron chi connectivity index (χ1n) is 10.2. The molecule has 0 saturated carbocycles. The molecular formula is C19H34F3IN6O2. The zero-order chi connectivity index (χ0) is 22.2. The minimum atomic E-state index is -4.86. The van der Waals surface area contributed by atoms with E-state index in [1.807, 2.05) is 6.92 Å². The van der Waals surface area contributed by atoms with Crippen LogP contribution in [-0.4, -0.2) is 84.2 Å². The minimum absolute atomic E-state index is 0. The molecule has 1 saturated heterocycles. The highest BCUT2D eigenvalue weighted by molar-refractivity contribution is 14.0. The number of aryl methyl sites for hydroxylation is 1. The number of hydrogen-bond acceptors (Lipinski definition) is 5. The third-order valence-corrected chi connectivity index (χ3v) is 5.29. The van der Waals surface area contributed by atoms with Crippen LogP contribution in [0.25, 0.3) is 0 Å². The van der Waals surface area contributed by atoms with Gasteiger partial charge in [-0.3, -0.25) is 4.99 Å². The van der Waals surface area contributed by atoms with Crippen molar-refractivity contribution in [2.24, 2.45) is 12.0 Å². The van der Waals surface area contributed by atoms with E-state index in [-0.39, 0.29) is 36.6 Å². The molecule has 1 aromatic heterocycles. The summed E-state index contributed by atoms with van der Waals surface area (Å²) in [6.45, 7) is 5.71. The summed E-state index contributed by atoms with van der Waals surface area (Å²) in [4.78, 5) is 10.3. The lowest BCUT2D eigenvalue weighted by Crippen LogP contribution is -2.49. The van der Waals surface area contributed by atoms with Gasteiger partial charge in [-0.2, -0.15) is 13.2 Å². The molecule has 2 rings (SSSR count). The molecule has 1 atom stereocenters. The number of aromatic nitrogens is 2. The maximum atomic E-state index is 13.6. The third-order valence-electron chi connectivity index (χ3n) is 5.29. The quantitative estimate of drug-likeness (QED) is 0.242. The average Bonchev–Trinajstić information content (AvgIpc) is 3.13. The van der Waals surface area contributed by atoms with E-state index in [1.165, 1.54) is 24.0 Å². The fourth-order valence-corrected chi connectivity index (χ4v) is 3.51. The molecule has 1 aliphatic heterocycles. The lowest BCUT2D eigenvalue weighted by atomic mass is 9.98. The number of aliphatic hydroxyl groups is 1. The van der Waals surface area contributed by atoms with Gasteiger partial charge < -0.3 is 29.9 Å². The van der Waals surface area contributed by atoms with Crippen LogP contribution in [0.1, 0.15) is 32.0 Å². The van der Waals surface area contributed by atoms with E-state index in [0.717, 1.165) is 32.5 Å². The van der Waals surface area contributed by atoms with E-state index in [9.17, 15) is 18.3 Å². The Labute approximate surface area is 198 Å². The van der Waals surface area contributed by atoms with Crippen molar-refractivity contribution in [2.75, 3.05) is 46.4 Å². The van der Waals surface area contributed by atoms with E-state index >= 15 is 0 Å². The Balaban J connectivity index is 0.00000480. The van der Waals surface area contributed by atoms with Crippen molar-refractivity contribution in [3.05, 3.63) is 18.2 Å². The van der Waals surface area contributed by atoms with Crippen LogP contribution in [0.5, 0.6) is 0 Å². The maximum absolute atomic E-state index is 13.6. The van der Waals surface area contributed by atoms with Crippen molar-refractivity contribution in [2.45, 2.75) is 44.0 Å². The second-order valence-corrected chi connectivity index (χ2v) is 7.48. The Morgan fingerprint density at radius 2 is 2.03 bits per heavy atom. The number of guanidine groups is 1. The summed E-state index contributed by atoms with van der Waals surface area (Å²) in [5.74, 6) is 0.0174. The molecule has 0 radical (unpaired) electrons. The molecule has 0 aliphatic carbocycles. The summed E-state index contributed by atoms with van der Waals surface area (Å²) < 4.78 is 47.1. The van der Waals surface area contributed by atoms with Gasteiger partial charge in [0.15, 0.2) is 5.96 Å². The summed E-state index contributed by atoms with van der Waals surface area (Å²) in [6.07, 6.45) is -1.04. The molecule has 1 aromatic rings. The Hall–Kier alpha value is -1.12. The first kappa shape index (κ1) is 27.9.